The average molecular weight is 381 g/mol. The van der Waals surface area contributed by atoms with E-state index in [1.54, 1.807) is 36.4 Å². The minimum absolute atomic E-state index is 0.0291. The first-order valence-corrected chi connectivity index (χ1v) is 8.47. The van der Waals surface area contributed by atoms with Gasteiger partial charge in [-0.2, -0.15) is 0 Å². The molecule has 1 heterocycles. The van der Waals surface area contributed by atoms with Crippen molar-refractivity contribution in [2.45, 2.75) is 13.0 Å². The van der Waals surface area contributed by atoms with Crippen molar-refractivity contribution in [3.63, 3.8) is 0 Å². The van der Waals surface area contributed by atoms with Crippen LogP contribution < -0.4 is 14.8 Å². The summed E-state index contributed by atoms with van der Waals surface area (Å²) < 4.78 is 15.5. The van der Waals surface area contributed by atoms with Gasteiger partial charge >= 0.3 is 5.97 Å². The van der Waals surface area contributed by atoms with Crippen LogP contribution in [0.5, 0.6) is 11.5 Å². The molecule has 0 saturated carbocycles. The molecule has 3 rings (SSSR count). The number of rotatable bonds is 6. The van der Waals surface area contributed by atoms with Crippen molar-refractivity contribution < 1.29 is 23.8 Å². The lowest BCUT2D eigenvalue weighted by Crippen LogP contribution is -2.30. The van der Waals surface area contributed by atoms with E-state index in [9.17, 15) is 9.59 Å². The Morgan fingerprint density at radius 2 is 1.64 bits per heavy atom. The second-order valence-electron chi connectivity index (χ2n) is 5.88. The Labute approximate surface area is 161 Å². The number of esters is 1. The number of methoxy groups -OCH3 is 2. The monoisotopic (exact) mass is 381 g/mol. The average Bonchev–Trinajstić information content (AvgIpc) is 2.72. The molecule has 1 aromatic heterocycles. The summed E-state index contributed by atoms with van der Waals surface area (Å²) in [6, 6.07) is 12.1. The molecule has 0 bridgehead atoms. The van der Waals surface area contributed by atoms with Crippen LogP contribution in [-0.2, 0) is 9.53 Å². The first-order valence-electron chi connectivity index (χ1n) is 8.47. The van der Waals surface area contributed by atoms with Crippen molar-refractivity contribution >= 4 is 28.6 Å². The van der Waals surface area contributed by atoms with Gasteiger partial charge in [-0.25, -0.2) is 9.78 Å². The predicted molar refractivity (Wildman–Crippen MR) is 103 cm³/mol. The van der Waals surface area contributed by atoms with Crippen LogP contribution in [0.2, 0.25) is 0 Å². The number of benzene rings is 2. The molecule has 144 valence electrons. The molecule has 0 radical (unpaired) electrons. The fourth-order valence-corrected chi connectivity index (χ4v) is 2.45. The third-order valence-corrected chi connectivity index (χ3v) is 3.93. The molecule has 0 aliphatic heterocycles. The largest absolute Gasteiger partial charge is 0.497 e. The highest BCUT2D eigenvalue weighted by Gasteiger charge is 2.21. The van der Waals surface area contributed by atoms with E-state index in [0.717, 1.165) is 0 Å². The van der Waals surface area contributed by atoms with Crippen molar-refractivity contribution in [1.29, 1.82) is 0 Å². The van der Waals surface area contributed by atoms with E-state index in [-0.39, 0.29) is 5.69 Å². The maximum absolute atomic E-state index is 12.4. The van der Waals surface area contributed by atoms with Gasteiger partial charge in [0.1, 0.15) is 11.5 Å². The highest BCUT2D eigenvalue weighted by molar-refractivity contribution is 5.97. The van der Waals surface area contributed by atoms with E-state index in [2.05, 4.69) is 15.3 Å². The van der Waals surface area contributed by atoms with Gasteiger partial charge in [-0.3, -0.25) is 9.78 Å². The molecule has 28 heavy (non-hydrogen) atoms. The quantitative estimate of drug-likeness (QED) is 0.655. The first kappa shape index (κ1) is 19.1. The number of nitrogens with zero attached hydrogens (tertiary/aromatic N) is 2. The number of ether oxygens (including phenoxy) is 3. The highest BCUT2D eigenvalue weighted by atomic mass is 16.5. The Kier molecular flexibility index (Phi) is 5.69. The standard InChI is InChI=1S/C20H19N3O5/c1-12(19(24)22-13-8-14(26-2)10-15(9-13)27-3)28-20(25)18-11-21-16-6-4-5-7-17(16)23-18/h4-12H,1-3H3,(H,22,24). The molecule has 2 aromatic carbocycles. The number of para-hydroxylation sites is 2. The molecule has 1 atom stereocenters. The molecule has 1 unspecified atom stereocenters. The number of hydrogen-bond acceptors (Lipinski definition) is 7. The molecule has 3 aromatic rings. The van der Waals surface area contributed by atoms with Crippen molar-refractivity contribution in [1.82, 2.24) is 9.97 Å². The van der Waals surface area contributed by atoms with Gasteiger partial charge in [0.25, 0.3) is 5.91 Å². The summed E-state index contributed by atoms with van der Waals surface area (Å²) >= 11 is 0. The zero-order chi connectivity index (χ0) is 20.1. The van der Waals surface area contributed by atoms with Crippen LogP contribution in [0.15, 0.2) is 48.7 Å². The van der Waals surface area contributed by atoms with Gasteiger partial charge in [0.05, 0.1) is 31.4 Å². The van der Waals surface area contributed by atoms with E-state index < -0.39 is 18.0 Å². The first-order chi connectivity index (χ1) is 13.5. The van der Waals surface area contributed by atoms with Crippen molar-refractivity contribution in [3.05, 3.63) is 54.4 Å². The van der Waals surface area contributed by atoms with Gasteiger partial charge < -0.3 is 19.5 Å². The van der Waals surface area contributed by atoms with Gasteiger partial charge in [0.2, 0.25) is 0 Å². The molecule has 0 aliphatic rings. The zero-order valence-electron chi connectivity index (χ0n) is 15.6. The Hall–Kier alpha value is -3.68. The molecule has 0 fully saturated rings. The third kappa shape index (κ3) is 4.35. The minimum atomic E-state index is -1.04. The van der Waals surface area contributed by atoms with Crippen LogP contribution >= 0.6 is 0 Å². The number of carbonyl (C=O) groups excluding carboxylic acids is 2. The molecule has 1 amide bonds. The zero-order valence-corrected chi connectivity index (χ0v) is 15.6. The van der Waals surface area contributed by atoms with Crippen LogP contribution in [0.4, 0.5) is 5.69 Å². The Morgan fingerprint density at radius 3 is 2.29 bits per heavy atom. The smallest absolute Gasteiger partial charge is 0.359 e. The Bertz CT molecular complexity index is 999. The highest BCUT2D eigenvalue weighted by Crippen LogP contribution is 2.26. The fraction of sp³-hybridized carbons (Fsp3) is 0.200. The van der Waals surface area contributed by atoms with Gasteiger partial charge in [-0.1, -0.05) is 12.1 Å². The lowest BCUT2D eigenvalue weighted by atomic mass is 10.2. The molecule has 8 heteroatoms. The lowest BCUT2D eigenvalue weighted by Gasteiger charge is -2.14. The summed E-state index contributed by atoms with van der Waals surface area (Å²) in [6.07, 6.45) is 0.278. The van der Waals surface area contributed by atoms with Crippen LogP contribution in [0.25, 0.3) is 11.0 Å². The molecule has 0 saturated heterocycles. The lowest BCUT2D eigenvalue weighted by molar-refractivity contribution is -0.123. The van der Waals surface area contributed by atoms with Crippen LogP contribution in [0, 0.1) is 0 Å². The summed E-state index contributed by atoms with van der Waals surface area (Å²) in [5, 5.41) is 2.67. The van der Waals surface area contributed by atoms with Crippen molar-refractivity contribution in [2.24, 2.45) is 0 Å². The maximum atomic E-state index is 12.4. The second-order valence-corrected chi connectivity index (χ2v) is 5.88. The number of amides is 1. The molecular weight excluding hydrogens is 362 g/mol. The number of nitrogens with one attached hydrogen (secondary N) is 1. The molecular formula is C20H19N3O5. The number of carbonyl (C=O) groups is 2. The molecule has 1 N–H and O–H groups in total. The van der Waals surface area contributed by atoms with Gasteiger partial charge in [0, 0.05) is 23.9 Å². The van der Waals surface area contributed by atoms with Gasteiger partial charge in [0.15, 0.2) is 11.8 Å². The number of anilines is 1. The normalized spacial score (nSPS) is 11.5. The van der Waals surface area contributed by atoms with E-state index >= 15 is 0 Å². The summed E-state index contributed by atoms with van der Waals surface area (Å²) in [4.78, 5) is 33.1. The van der Waals surface area contributed by atoms with E-state index in [4.69, 9.17) is 14.2 Å². The number of hydrogen-bond donors (Lipinski definition) is 1. The van der Waals surface area contributed by atoms with E-state index in [1.165, 1.54) is 27.3 Å². The maximum Gasteiger partial charge on any atom is 0.359 e. The Balaban J connectivity index is 1.68. The summed E-state index contributed by atoms with van der Waals surface area (Å²) in [5.41, 5.74) is 1.71. The summed E-state index contributed by atoms with van der Waals surface area (Å²) in [7, 11) is 3.02. The molecule has 8 nitrogen and oxygen atoms in total. The summed E-state index contributed by atoms with van der Waals surface area (Å²) in [6.45, 7) is 1.47. The second kappa shape index (κ2) is 8.34. The fourth-order valence-electron chi connectivity index (χ4n) is 2.45. The molecule has 0 spiro atoms. The topological polar surface area (TPSA) is 99.6 Å². The van der Waals surface area contributed by atoms with Gasteiger partial charge in [-0.15, -0.1) is 0 Å². The predicted octanol–water partition coefficient (Wildman–Crippen LogP) is 2.83. The van der Waals surface area contributed by atoms with Crippen LogP contribution in [-0.4, -0.2) is 42.2 Å². The van der Waals surface area contributed by atoms with Crippen molar-refractivity contribution in [2.75, 3.05) is 19.5 Å². The third-order valence-electron chi connectivity index (χ3n) is 3.93. The molecule has 0 aliphatic carbocycles. The summed E-state index contributed by atoms with van der Waals surface area (Å²) in [5.74, 6) is -0.196. The van der Waals surface area contributed by atoms with Crippen LogP contribution in [0.1, 0.15) is 17.4 Å². The van der Waals surface area contributed by atoms with Crippen LogP contribution in [0.3, 0.4) is 0 Å². The minimum Gasteiger partial charge on any atom is -0.497 e. The van der Waals surface area contributed by atoms with Crippen molar-refractivity contribution in [3.8, 4) is 11.5 Å². The Morgan fingerprint density at radius 1 is 1.00 bits per heavy atom. The number of aromatic nitrogens is 2. The SMILES string of the molecule is COc1cc(NC(=O)C(C)OC(=O)c2cnc3ccccc3n2)cc(OC)c1. The van der Waals surface area contributed by atoms with Gasteiger partial charge in [-0.05, 0) is 19.1 Å². The van der Waals surface area contributed by atoms with E-state index in [1.807, 2.05) is 6.07 Å². The number of fused-ring (bicyclic) bond motifs is 1. The van der Waals surface area contributed by atoms with E-state index in [0.29, 0.717) is 28.2 Å².